The van der Waals surface area contributed by atoms with Crippen LogP contribution in [0.3, 0.4) is 0 Å². The van der Waals surface area contributed by atoms with Crippen molar-refractivity contribution in [1.82, 2.24) is 9.80 Å². The predicted molar refractivity (Wildman–Crippen MR) is 126 cm³/mol. The normalized spacial score (nSPS) is 20.5. The molecule has 2 heterocycles. The number of carbonyl (C=O) groups is 3. The second-order valence-corrected chi connectivity index (χ2v) is 9.67. The SMILES string of the molecule is Cc1cc(Cl)cc(C2(C)CC(c3ccc(C(=O)N4CC(=O)N(CC(F)(F)F)C(=O)C4)c(C)c3)=NO2)c1. The van der Waals surface area contributed by atoms with Gasteiger partial charge >= 0.3 is 6.18 Å². The molecule has 1 unspecified atom stereocenters. The van der Waals surface area contributed by atoms with Crippen molar-refractivity contribution in [1.29, 1.82) is 0 Å². The maximum atomic E-state index is 13.0. The number of amides is 3. The molecule has 0 radical (unpaired) electrons. The fraction of sp³-hybridized carbons (Fsp3) is 0.360. The van der Waals surface area contributed by atoms with Gasteiger partial charge in [-0.25, -0.2) is 0 Å². The molecule has 190 valence electrons. The minimum absolute atomic E-state index is 0.135. The quantitative estimate of drug-likeness (QED) is 0.560. The lowest BCUT2D eigenvalue weighted by atomic mass is 9.88. The highest BCUT2D eigenvalue weighted by Crippen LogP contribution is 2.37. The molecule has 0 aliphatic carbocycles. The van der Waals surface area contributed by atoms with Crippen molar-refractivity contribution in [3.63, 3.8) is 0 Å². The molecule has 1 atom stereocenters. The second kappa shape index (κ2) is 9.24. The number of alkyl halides is 3. The summed E-state index contributed by atoms with van der Waals surface area (Å²) in [6, 6.07) is 10.6. The fourth-order valence-electron chi connectivity index (χ4n) is 4.34. The van der Waals surface area contributed by atoms with Crippen molar-refractivity contribution in [2.24, 2.45) is 5.16 Å². The van der Waals surface area contributed by atoms with Gasteiger partial charge < -0.3 is 9.74 Å². The van der Waals surface area contributed by atoms with Gasteiger partial charge in [0.15, 0.2) is 5.60 Å². The van der Waals surface area contributed by atoms with Gasteiger partial charge in [0.25, 0.3) is 5.91 Å². The molecule has 2 aromatic carbocycles. The van der Waals surface area contributed by atoms with Crippen LogP contribution < -0.4 is 0 Å². The van der Waals surface area contributed by atoms with Crippen LogP contribution in [-0.2, 0) is 20.0 Å². The number of hydrogen-bond acceptors (Lipinski definition) is 5. The van der Waals surface area contributed by atoms with E-state index in [0.717, 1.165) is 21.6 Å². The summed E-state index contributed by atoms with van der Waals surface area (Å²) in [6.07, 6.45) is -4.25. The zero-order chi connectivity index (χ0) is 26.4. The van der Waals surface area contributed by atoms with Crippen LogP contribution in [0.25, 0.3) is 0 Å². The van der Waals surface area contributed by atoms with Crippen LogP contribution >= 0.6 is 11.6 Å². The number of piperazine rings is 1. The molecule has 36 heavy (non-hydrogen) atoms. The predicted octanol–water partition coefficient (Wildman–Crippen LogP) is 4.37. The smallest absolute Gasteiger partial charge is 0.384 e. The van der Waals surface area contributed by atoms with Gasteiger partial charge in [-0.05, 0) is 67.3 Å². The number of benzene rings is 2. The Bertz CT molecular complexity index is 1260. The molecule has 11 heteroatoms. The number of nitrogens with zero attached hydrogens (tertiary/aromatic N) is 3. The lowest BCUT2D eigenvalue weighted by molar-refractivity contribution is -0.174. The first kappa shape index (κ1) is 25.7. The van der Waals surface area contributed by atoms with Crippen molar-refractivity contribution in [2.45, 2.75) is 39.0 Å². The van der Waals surface area contributed by atoms with Crippen molar-refractivity contribution in [3.8, 4) is 0 Å². The Hall–Kier alpha value is -3.40. The summed E-state index contributed by atoms with van der Waals surface area (Å²) in [5, 5.41) is 4.84. The van der Waals surface area contributed by atoms with Crippen molar-refractivity contribution in [3.05, 3.63) is 69.2 Å². The Morgan fingerprint density at radius 3 is 2.36 bits per heavy atom. The molecule has 7 nitrogen and oxygen atoms in total. The maximum Gasteiger partial charge on any atom is 0.406 e. The molecular weight excluding hydrogens is 499 g/mol. The Morgan fingerprint density at radius 1 is 1.11 bits per heavy atom. The molecule has 1 fully saturated rings. The van der Waals surface area contributed by atoms with E-state index in [0.29, 0.717) is 22.7 Å². The van der Waals surface area contributed by atoms with E-state index in [1.54, 1.807) is 25.1 Å². The van der Waals surface area contributed by atoms with E-state index in [2.05, 4.69) is 5.16 Å². The first-order valence-corrected chi connectivity index (χ1v) is 11.5. The minimum atomic E-state index is -4.71. The van der Waals surface area contributed by atoms with Gasteiger partial charge in [0, 0.05) is 17.0 Å². The van der Waals surface area contributed by atoms with Gasteiger partial charge in [0.2, 0.25) is 11.8 Å². The molecule has 1 saturated heterocycles. The fourth-order valence-corrected chi connectivity index (χ4v) is 4.63. The van der Waals surface area contributed by atoms with E-state index in [4.69, 9.17) is 16.4 Å². The lowest BCUT2D eigenvalue weighted by Gasteiger charge is -2.33. The second-order valence-electron chi connectivity index (χ2n) is 9.23. The van der Waals surface area contributed by atoms with Crippen molar-refractivity contribution < 1.29 is 32.4 Å². The molecule has 0 N–H and O–H groups in total. The summed E-state index contributed by atoms with van der Waals surface area (Å²) >= 11 is 6.21. The number of halogens is 4. The molecule has 0 bridgehead atoms. The molecule has 0 spiro atoms. The topological polar surface area (TPSA) is 79.3 Å². The Kier molecular flexibility index (Phi) is 6.59. The van der Waals surface area contributed by atoms with Crippen molar-refractivity contribution in [2.75, 3.05) is 19.6 Å². The van der Waals surface area contributed by atoms with Gasteiger partial charge in [-0.2, -0.15) is 13.2 Å². The van der Waals surface area contributed by atoms with E-state index in [9.17, 15) is 27.6 Å². The Labute approximate surface area is 210 Å². The minimum Gasteiger partial charge on any atom is -0.384 e. The first-order chi connectivity index (χ1) is 16.8. The van der Waals surface area contributed by atoms with Crippen molar-refractivity contribution >= 4 is 35.0 Å². The summed E-state index contributed by atoms with van der Waals surface area (Å²) in [7, 11) is 0. The van der Waals surface area contributed by atoms with Gasteiger partial charge in [0.1, 0.15) is 19.6 Å². The largest absolute Gasteiger partial charge is 0.406 e. The number of hydrogen-bond donors (Lipinski definition) is 0. The molecule has 4 rings (SSSR count). The number of rotatable bonds is 4. The Morgan fingerprint density at radius 2 is 1.78 bits per heavy atom. The average Bonchev–Trinajstić information content (AvgIpc) is 3.18. The number of imide groups is 1. The van der Waals surface area contributed by atoms with Gasteiger partial charge in [-0.1, -0.05) is 28.9 Å². The highest BCUT2D eigenvalue weighted by atomic mass is 35.5. The summed E-state index contributed by atoms with van der Waals surface area (Å²) in [5.74, 6) is -2.75. The molecule has 3 amide bonds. The first-order valence-electron chi connectivity index (χ1n) is 11.1. The zero-order valence-corrected chi connectivity index (χ0v) is 20.5. The van der Waals surface area contributed by atoms with Crippen LogP contribution in [0.5, 0.6) is 0 Å². The van der Waals surface area contributed by atoms with Gasteiger partial charge in [0.05, 0.1) is 5.71 Å². The molecule has 0 aromatic heterocycles. The summed E-state index contributed by atoms with van der Waals surface area (Å²) in [4.78, 5) is 44.1. The summed E-state index contributed by atoms with van der Waals surface area (Å²) < 4.78 is 38.0. The van der Waals surface area contributed by atoms with E-state index in [1.165, 1.54) is 0 Å². The number of carbonyl (C=O) groups excluding carboxylic acids is 3. The van der Waals surface area contributed by atoms with Gasteiger partial charge in [-0.3, -0.25) is 19.3 Å². The third kappa shape index (κ3) is 5.23. The summed E-state index contributed by atoms with van der Waals surface area (Å²) in [6.45, 7) is 2.64. The van der Waals surface area contributed by atoms with Crippen LogP contribution in [0.1, 0.15) is 46.0 Å². The third-order valence-electron chi connectivity index (χ3n) is 6.18. The van der Waals surface area contributed by atoms with Crippen LogP contribution in [0.4, 0.5) is 13.2 Å². The molecular formula is C25H23ClF3N3O4. The van der Waals surface area contributed by atoms with Crippen LogP contribution in [0.2, 0.25) is 5.02 Å². The molecule has 0 saturated carbocycles. The highest BCUT2D eigenvalue weighted by Gasteiger charge is 2.41. The third-order valence-corrected chi connectivity index (χ3v) is 6.40. The van der Waals surface area contributed by atoms with Crippen LogP contribution in [0.15, 0.2) is 41.6 Å². The molecule has 2 aliphatic rings. The molecule has 2 aromatic rings. The standard InChI is InChI=1S/C25H23ClF3N3O4/c1-14-6-17(9-18(26)7-14)24(3)10-20(30-36-24)16-4-5-19(15(2)8-16)23(35)31-11-21(33)32(22(34)12-31)13-25(27,28)29/h4-9H,10-13H2,1-3H3. The van der Waals surface area contributed by atoms with E-state index in [-0.39, 0.29) is 10.5 Å². The lowest BCUT2D eigenvalue weighted by Crippen LogP contribution is -2.57. The average molecular weight is 522 g/mol. The van der Waals surface area contributed by atoms with Crippen LogP contribution in [-0.4, -0.2) is 59.0 Å². The Balaban J connectivity index is 1.48. The van der Waals surface area contributed by atoms with Crippen LogP contribution in [0, 0.1) is 13.8 Å². The van der Waals surface area contributed by atoms with Gasteiger partial charge in [-0.15, -0.1) is 0 Å². The number of aryl methyl sites for hydroxylation is 2. The monoisotopic (exact) mass is 521 g/mol. The highest BCUT2D eigenvalue weighted by molar-refractivity contribution is 6.30. The molecule has 2 aliphatic heterocycles. The maximum absolute atomic E-state index is 13.0. The van der Waals surface area contributed by atoms with E-state index < -0.39 is 49.1 Å². The van der Waals surface area contributed by atoms with E-state index in [1.807, 2.05) is 32.0 Å². The number of oxime groups is 1. The summed E-state index contributed by atoms with van der Waals surface area (Å²) in [5.41, 5.74) is 3.35. The van der Waals surface area contributed by atoms with E-state index >= 15 is 0 Å². The zero-order valence-electron chi connectivity index (χ0n) is 19.8.